The smallest absolute Gasteiger partial charge is 0.244 e. The van der Waals surface area contributed by atoms with Crippen LogP contribution in [0, 0.1) is 5.92 Å². The van der Waals surface area contributed by atoms with Gasteiger partial charge in [0, 0.05) is 23.3 Å². The highest BCUT2D eigenvalue weighted by Crippen LogP contribution is 2.24. The average molecular weight is 378 g/mol. The van der Waals surface area contributed by atoms with E-state index in [0.717, 1.165) is 19.5 Å². The van der Waals surface area contributed by atoms with Crippen LogP contribution in [0.5, 0.6) is 0 Å². The largest absolute Gasteiger partial charge is 0.307 e. The van der Waals surface area contributed by atoms with Crippen LogP contribution < -0.4 is 16.0 Å². The van der Waals surface area contributed by atoms with E-state index in [1.54, 1.807) is 0 Å². The number of hydrogen-bond donors (Lipinski definition) is 3. The van der Waals surface area contributed by atoms with E-state index in [4.69, 9.17) is 5.84 Å². The van der Waals surface area contributed by atoms with Crippen LogP contribution in [0.25, 0.3) is 0 Å². The summed E-state index contributed by atoms with van der Waals surface area (Å²) in [6.45, 7) is 3.78. The number of nitrogens with zero attached hydrogens (tertiary/aromatic N) is 2. The van der Waals surface area contributed by atoms with Crippen molar-refractivity contribution in [3.63, 3.8) is 0 Å². The molecule has 1 aliphatic heterocycles. The lowest BCUT2D eigenvalue weighted by Gasteiger charge is -2.35. The van der Waals surface area contributed by atoms with Gasteiger partial charge in [-0.15, -0.1) is 0 Å². The normalized spacial score (nSPS) is 24.0. The van der Waals surface area contributed by atoms with Crippen LogP contribution in [0.1, 0.15) is 13.3 Å². The fourth-order valence-corrected chi connectivity index (χ4v) is 4.53. The molecule has 7 nitrogen and oxygen atoms in total. The van der Waals surface area contributed by atoms with Crippen molar-refractivity contribution < 1.29 is 8.42 Å². The SMILES string of the molecule is CC1CN(C)CCC1NS(=O)(=O)c1cc(Br)cnc1NN. The van der Waals surface area contributed by atoms with E-state index >= 15 is 0 Å². The Labute approximate surface area is 133 Å². The van der Waals surface area contributed by atoms with Crippen LogP contribution in [-0.4, -0.2) is 44.5 Å². The van der Waals surface area contributed by atoms with Crippen LogP contribution in [0.4, 0.5) is 5.82 Å². The quantitative estimate of drug-likeness (QED) is 0.528. The first-order valence-electron chi connectivity index (χ1n) is 6.66. The van der Waals surface area contributed by atoms with Crippen LogP contribution in [0.2, 0.25) is 0 Å². The van der Waals surface area contributed by atoms with Gasteiger partial charge in [-0.1, -0.05) is 6.92 Å². The third-order valence-corrected chi connectivity index (χ3v) is 5.60. The molecular weight excluding hydrogens is 358 g/mol. The molecule has 2 atom stereocenters. The molecule has 1 fully saturated rings. The molecular formula is C12H20BrN5O2S. The molecule has 9 heteroatoms. The van der Waals surface area contributed by atoms with E-state index < -0.39 is 10.0 Å². The molecule has 0 aromatic carbocycles. The number of nitrogens with one attached hydrogen (secondary N) is 2. The topological polar surface area (TPSA) is 100 Å². The number of likely N-dealkylation sites (tertiary alicyclic amines) is 1. The number of pyridine rings is 1. The summed E-state index contributed by atoms with van der Waals surface area (Å²) in [7, 11) is -1.64. The lowest BCUT2D eigenvalue weighted by atomic mass is 9.95. The van der Waals surface area contributed by atoms with Gasteiger partial charge in [0.1, 0.15) is 4.90 Å². The number of hydrazine groups is 1. The van der Waals surface area contributed by atoms with Crippen LogP contribution in [0.3, 0.4) is 0 Å². The van der Waals surface area contributed by atoms with Gasteiger partial charge in [-0.3, -0.25) is 0 Å². The molecule has 1 aromatic heterocycles. The number of nitrogen functional groups attached to an aromatic ring is 1. The molecule has 0 aliphatic carbocycles. The molecule has 1 saturated heterocycles. The van der Waals surface area contributed by atoms with Gasteiger partial charge in [0.2, 0.25) is 10.0 Å². The number of hydrogen-bond acceptors (Lipinski definition) is 6. The predicted molar refractivity (Wildman–Crippen MR) is 85.1 cm³/mol. The molecule has 0 radical (unpaired) electrons. The molecule has 4 N–H and O–H groups in total. The highest BCUT2D eigenvalue weighted by atomic mass is 79.9. The second kappa shape index (κ2) is 6.57. The van der Waals surface area contributed by atoms with Crippen molar-refractivity contribution >= 4 is 31.8 Å². The Balaban J connectivity index is 2.24. The van der Waals surface area contributed by atoms with E-state index in [1.807, 2.05) is 14.0 Å². The zero-order valence-electron chi connectivity index (χ0n) is 12.0. The Morgan fingerprint density at radius 3 is 2.86 bits per heavy atom. The van der Waals surface area contributed by atoms with Gasteiger partial charge in [0.25, 0.3) is 0 Å². The Morgan fingerprint density at radius 2 is 2.24 bits per heavy atom. The maximum absolute atomic E-state index is 12.6. The molecule has 0 saturated carbocycles. The number of sulfonamides is 1. The Hall–Kier alpha value is -0.740. The maximum Gasteiger partial charge on any atom is 0.244 e. The summed E-state index contributed by atoms with van der Waals surface area (Å²) in [5, 5.41) is 0. The number of halogens is 1. The van der Waals surface area contributed by atoms with Crippen molar-refractivity contribution in [2.24, 2.45) is 11.8 Å². The third kappa shape index (κ3) is 3.92. The summed E-state index contributed by atoms with van der Waals surface area (Å²) in [5.41, 5.74) is 2.33. The van der Waals surface area contributed by atoms with Gasteiger partial charge in [-0.05, 0) is 47.9 Å². The van der Waals surface area contributed by atoms with Crippen molar-refractivity contribution in [1.29, 1.82) is 0 Å². The molecule has 0 spiro atoms. The van der Waals surface area contributed by atoms with E-state index in [-0.39, 0.29) is 22.7 Å². The number of anilines is 1. The van der Waals surface area contributed by atoms with Gasteiger partial charge >= 0.3 is 0 Å². The first kappa shape index (κ1) is 16.6. The third-order valence-electron chi connectivity index (χ3n) is 3.66. The van der Waals surface area contributed by atoms with Crippen molar-refractivity contribution in [2.45, 2.75) is 24.3 Å². The van der Waals surface area contributed by atoms with E-state index in [1.165, 1.54) is 12.3 Å². The predicted octanol–water partition coefficient (Wildman–Crippen LogP) is 0.748. The molecule has 1 aromatic rings. The van der Waals surface area contributed by atoms with Gasteiger partial charge < -0.3 is 10.3 Å². The first-order chi connectivity index (χ1) is 9.83. The zero-order valence-corrected chi connectivity index (χ0v) is 14.4. The fraction of sp³-hybridized carbons (Fsp3) is 0.583. The van der Waals surface area contributed by atoms with Crippen LogP contribution in [-0.2, 0) is 10.0 Å². The van der Waals surface area contributed by atoms with Gasteiger partial charge in [-0.2, -0.15) is 0 Å². The zero-order chi connectivity index (χ0) is 15.6. The molecule has 2 unspecified atom stereocenters. The van der Waals surface area contributed by atoms with Crippen LogP contribution in [0.15, 0.2) is 21.6 Å². The summed E-state index contributed by atoms with van der Waals surface area (Å²) < 4.78 is 28.5. The molecule has 21 heavy (non-hydrogen) atoms. The molecule has 0 bridgehead atoms. The lowest BCUT2D eigenvalue weighted by molar-refractivity contribution is 0.188. The van der Waals surface area contributed by atoms with Crippen molar-refractivity contribution in [3.8, 4) is 0 Å². The number of piperidine rings is 1. The molecule has 1 aliphatic rings. The second-order valence-corrected chi connectivity index (χ2v) is 8.00. The maximum atomic E-state index is 12.6. The van der Waals surface area contributed by atoms with E-state index in [2.05, 4.69) is 36.0 Å². The Kier molecular flexibility index (Phi) is 5.20. The molecule has 2 heterocycles. The summed E-state index contributed by atoms with van der Waals surface area (Å²) in [6.07, 6.45) is 2.27. The Morgan fingerprint density at radius 1 is 1.52 bits per heavy atom. The van der Waals surface area contributed by atoms with Crippen molar-refractivity contribution in [3.05, 3.63) is 16.7 Å². The standard InChI is InChI=1S/C12H20BrN5O2S/c1-8-7-18(2)4-3-10(8)17-21(19,20)11-5-9(13)6-15-12(11)16-14/h5-6,8,10,17H,3-4,7,14H2,1-2H3,(H,15,16). The average Bonchev–Trinajstić information content (AvgIpc) is 2.42. The second-order valence-electron chi connectivity index (χ2n) is 5.40. The summed E-state index contributed by atoms with van der Waals surface area (Å²) >= 11 is 3.23. The molecule has 2 rings (SSSR count). The number of aromatic nitrogens is 1. The molecule has 118 valence electrons. The fourth-order valence-electron chi connectivity index (χ4n) is 2.53. The van der Waals surface area contributed by atoms with Crippen LogP contribution >= 0.6 is 15.9 Å². The highest BCUT2D eigenvalue weighted by molar-refractivity contribution is 9.10. The van der Waals surface area contributed by atoms with Crippen molar-refractivity contribution in [1.82, 2.24) is 14.6 Å². The van der Waals surface area contributed by atoms with Gasteiger partial charge in [0.05, 0.1) is 0 Å². The van der Waals surface area contributed by atoms with E-state index in [9.17, 15) is 8.42 Å². The minimum Gasteiger partial charge on any atom is -0.307 e. The summed E-state index contributed by atoms with van der Waals surface area (Å²) in [5.74, 6) is 5.72. The minimum atomic E-state index is -3.68. The number of rotatable bonds is 4. The first-order valence-corrected chi connectivity index (χ1v) is 8.94. The highest BCUT2D eigenvalue weighted by Gasteiger charge is 2.30. The molecule has 0 amide bonds. The van der Waals surface area contributed by atoms with Gasteiger partial charge in [-0.25, -0.2) is 24.0 Å². The van der Waals surface area contributed by atoms with Gasteiger partial charge in [0.15, 0.2) is 5.82 Å². The summed E-state index contributed by atoms with van der Waals surface area (Å²) in [6, 6.07) is 1.40. The monoisotopic (exact) mass is 377 g/mol. The minimum absolute atomic E-state index is 0.0468. The Bertz CT molecular complexity index is 610. The lowest BCUT2D eigenvalue weighted by Crippen LogP contribution is -2.48. The number of nitrogens with two attached hydrogens (primary N) is 1. The van der Waals surface area contributed by atoms with E-state index in [0.29, 0.717) is 4.47 Å². The summed E-state index contributed by atoms with van der Waals surface area (Å²) in [4.78, 5) is 6.22. The van der Waals surface area contributed by atoms with Crippen molar-refractivity contribution in [2.75, 3.05) is 25.6 Å².